The summed E-state index contributed by atoms with van der Waals surface area (Å²) in [6.07, 6.45) is 2.91. The average molecular weight is 521 g/mol. The minimum Gasteiger partial charge on any atom is -0.497 e. The first kappa shape index (κ1) is 25.4. The number of carbonyl (C=O) groups is 2. The lowest BCUT2D eigenvalue weighted by Gasteiger charge is -2.35. The number of nitrogens with zero attached hydrogens (tertiary/aromatic N) is 1. The first-order chi connectivity index (χ1) is 18.7. The molecule has 39 heavy (non-hydrogen) atoms. The van der Waals surface area contributed by atoms with E-state index >= 15 is 0 Å². The van der Waals surface area contributed by atoms with Crippen LogP contribution in [0.3, 0.4) is 0 Å². The van der Waals surface area contributed by atoms with Crippen LogP contribution in [0.2, 0.25) is 0 Å². The van der Waals surface area contributed by atoms with Crippen LogP contribution >= 0.6 is 0 Å². The maximum absolute atomic E-state index is 14.1. The zero-order chi connectivity index (χ0) is 27.3. The number of ether oxygens (including phenoxy) is 1. The average Bonchev–Trinajstić information content (AvgIpc) is 3.79. The number of anilines is 2. The highest BCUT2D eigenvalue weighted by Gasteiger charge is 2.45. The summed E-state index contributed by atoms with van der Waals surface area (Å²) in [5.41, 5.74) is 6.66. The molecule has 5 nitrogen and oxygen atoms in total. The lowest BCUT2D eigenvalue weighted by molar-refractivity contribution is -0.120. The molecule has 0 bridgehead atoms. The minimum absolute atomic E-state index is 0.0102. The first-order valence-corrected chi connectivity index (χ1v) is 13.9. The van der Waals surface area contributed by atoms with E-state index in [-0.39, 0.29) is 28.9 Å². The van der Waals surface area contributed by atoms with E-state index in [1.807, 2.05) is 41.3 Å². The zero-order valence-corrected chi connectivity index (χ0v) is 23.2. The van der Waals surface area contributed by atoms with Crippen LogP contribution in [0.15, 0.2) is 84.1 Å². The Bertz CT molecular complexity index is 1440. The zero-order valence-electron chi connectivity index (χ0n) is 23.2. The molecule has 200 valence electrons. The van der Waals surface area contributed by atoms with E-state index in [1.165, 1.54) is 5.56 Å². The van der Waals surface area contributed by atoms with E-state index in [0.29, 0.717) is 18.4 Å². The molecule has 0 unspecified atom stereocenters. The Labute approximate surface area is 230 Å². The Morgan fingerprint density at radius 1 is 0.897 bits per heavy atom. The molecule has 1 amide bonds. The normalized spacial score (nSPS) is 21.0. The van der Waals surface area contributed by atoms with Crippen molar-refractivity contribution in [2.24, 2.45) is 5.92 Å². The highest BCUT2D eigenvalue weighted by Crippen LogP contribution is 2.49. The van der Waals surface area contributed by atoms with E-state index in [4.69, 9.17) is 4.74 Å². The van der Waals surface area contributed by atoms with Crippen LogP contribution in [0.1, 0.15) is 75.1 Å². The molecular weight excluding hydrogens is 484 g/mol. The smallest absolute Gasteiger partial charge is 0.231 e. The fourth-order valence-corrected chi connectivity index (χ4v) is 5.95. The third-order valence-electron chi connectivity index (χ3n) is 8.33. The van der Waals surface area contributed by atoms with E-state index in [9.17, 15) is 9.59 Å². The fourth-order valence-electron chi connectivity index (χ4n) is 5.95. The number of amides is 1. The second kappa shape index (κ2) is 9.71. The Morgan fingerprint density at radius 2 is 1.56 bits per heavy atom. The molecule has 3 aromatic carbocycles. The molecule has 2 aliphatic carbocycles. The van der Waals surface area contributed by atoms with Gasteiger partial charge in [-0.3, -0.25) is 14.5 Å². The number of benzene rings is 3. The van der Waals surface area contributed by atoms with Crippen LogP contribution in [-0.2, 0) is 15.0 Å². The van der Waals surface area contributed by atoms with Crippen LogP contribution in [0.25, 0.3) is 0 Å². The number of methoxy groups -OCH3 is 1. The van der Waals surface area contributed by atoms with Crippen LogP contribution in [0.5, 0.6) is 5.75 Å². The number of ketones is 1. The molecule has 0 saturated heterocycles. The summed E-state index contributed by atoms with van der Waals surface area (Å²) in [5, 5.41) is 3.63. The van der Waals surface area contributed by atoms with Crippen LogP contribution < -0.4 is 15.0 Å². The maximum atomic E-state index is 14.1. The number of para-hydroxylation sites is 2. The molecule has 1 fully saturated rings. The number of hydrogen-bond acceptors (Lipinski definition) is 4. The molecule has 5 heteroatoms. The summed E-state index contributed by atoms with van der Waals surface area (Å²) in [6.45, 7) is 6.59. The maximum Gasteiger partial charge on any atom is 0.231 e. The van der Waals surface area contributed by atoms with Crippen molar-refractivity contribution in [3.05, 3.63) is 101 Å². The lowest BCUT2D eigenvalue weighted by Crippen LogP contribution is -2.39. The second-order valence-corrected chi connectivity index (χ2v) is 12.1. The Balaban J connectivity index is 1.50. The molecule has 0 radical (unpaired) electrons. The van der Waals surface area contributed by atoms with Gasteiger partial charge in [-0.15, -0.1) is 0 Å². The highest BCUT2D eigenvalue weighted by atomic mass is 16.5. The number of nitrogens with one attached hydrogen (secondary N) is 1. The van der Waals surface area contributed by atoms with Gasteiger partial charge in [0.05, 0.1) is 24.5 Å². The quantitative estimate of drug-likeness (QED) is 0.392. The third kappa shape index (κ3) is 4.75. The Hall–Kier alpha value is -3.86. The summed E-state index contributed by atoms with van der Waals surface area (Å²) in [4.78, 5) is 30.0. The van der Waals surface area contributed by atoms with Crippen molar-refractivity contribution in [3.8, 4) is 5.75 Å². The van der Waals surface area contributed by atoms with Gasteiger partial charge in [-0.2, -0.15) is 0 Å². The lowest BCUT2D eigenvalue weighted by atomic mass is 9.77. The molecule has 2 atom stereocenters. The molecule has 3 aliphatic rings. The molecule has 0 spiro atoms. The van der Waals surface area contributed by atoms with Crippen molar-refractivity contribution in [1.29, 1.82) is 0 Å². The number of allylic oxidation sites excluding steroid dienone is 1. The minimum atomic E-state index is -0.470. The molecule has 1 heterocycles. The van der Waals surface area contributed by atoms with Gasteiger partial charge in [-0.25, -0.2) is 0 Å². The van der Waals surface area contributed by atoms with Crippen LogP contribution in [0, 0.1) is 5.92 Å². The van der Waals surface area contributed by atoms with E-state index in [0.717, 1.165) is 46.8 Å². The van der Waals surface area contributed by atoms with Gasteiger partial charge in [0.15, 0.2) is 5.78 Å². The van der Waals surface area contributed by atoms with Gasteiger partial charge in [0.25, 0.3) is 0 Å². The summed E-state index contributed by atoms with van der Waals surface area (Å²) in [5.74, 6) is 1.07. The van der Waals surface area contributed by atoms with Crippen molar-refractivity contribution in [2.45, 2.75) is 63.8 Å². The number of rotatable bonds is 4. The van der Waals surface area contributed by atoms with E-state index in [2.05, 4.69) is 62.5 Å². The van der Waals surface area contributed by atoms with Gasteiger partial charge in [0, 0.05) is 23.6 Å². The molecule has 1 saturated carbocycles. The van der Waals surface area contributed by atoms with Crippen molar-refractivity contribution in [2.75, 3.05) is 17.3 Å². The monoisotopic (exact) mass is 520 g/mol. The van der Waals surface area contributed by atoms with Crippen molar-refractivity contribution >= 4 is 23.1 Å². The topological polar surface area (TPSA) is 58.6 Å². The van der Waals surface area contributed by atoms with Gasteiger partial charge in [-0.05, 0) is 71.6 Å². The summed E-state index contributed by atoms with van der Waals surface area (Å²) in [7, 11) is 1.66. The predicted octanol–water partition coefficient (Wildman–Crippen LogP) is 7.30. The standard InChI is InChI=1S/C34H36N2O3/c1-34(2,3)25-15-11-22(12-16-25)32-31-28(19-24(20-30(31)37)21-13-17-26(39-4)18-14-21)35-27-7-5-6-8-29(27)36(32)33(38)23-9-10-23/h5-8,11-18,23-24,32,35H,9-10,19-20H2,1-4H3/t24-,32-/m0/s1. The Kier molecular flexibility index (Phi) is 6.33. The fraction of sp³-hybridized carbons (Fsp3) is 0.353. The van der Waals surface area contributed by atoms with Gasteiger partial charge in [0.1, 0.15) is 5.75 Å². The summed E-state index contributed by atoms with van der Waals surface area (Å²) < 4.78 is 5.34. The van der Waals surface area contributed by atoms with Crippen LogP contribution in [-0.4, -0.2) is 18.8 Å². The van der Waals surface area contributed by atoms with E-state index in [1.54, 1.807) is 7.11 Å². The summed E-state index contributed by atoms with van der Waals surface area (Å²) >= 11 is 0. The number of hydrogen-bond donors (Lipinski definition) is 1. The van der Waals surface area contributed by atoms with Gasteiger partial charge in [-0.1, -0.05) is 69.3 Å². The summed E-state index contributed by atoms with van der Waals surface area (Å²) in [6, 6.07) is 24.0. The molecule has 1 aliphatic heterocycles. The van der Waals surface area contributed by atoms with Gasteiger partial charge in [0.2, 0.25) is 5.91 Å². The van der Waals surface area contributed by atoms with Crippen LogP contribution in [0.4, 0.5) is 11.4 Å². The van der Waals surface area contributed by atoms with Gasteiger partial charge >= 0.3 is 0 Å². The highest BCUT2D eigenvalue weighted by molar-refractivity contribution is 6.07. The second-order valence-electron chi connectivity index (χ2n) is 12.1. The first-order valence-electron chi connectivity index (χ1n) is 13.9. The van der Waals surface area contributed by atoms with Crippen molar-refractivity contribution < 1.29 is 14.3 Å². The Morgan fingerprint density at radius 3 is 2.21 bits per heavy atom. The van der Waals surface area contributed by atoms with E-state index < -0.39 is 6.04 Å². The van der Waals surface area contributed by atoms with Crippen molar-refractivity contribution in [1.82, 2.24) is 0 Å². The molecule has 0 aromatic heterocycles. The SMILES string of the molecule is COc1ccc([C@@H]2CC(=O)C3=C(C2)Nc2ccccc2N(C(=O)C2CC2)[C@H]3c2ccc(C(C)(C)C)cc2)cc1. The molecule has 3 aromatic rings. The largest absolute Gasteiger partial charge is 0.497 e. The molecule has 6 rings (SSSR count). The molecule has 1 N–H and O–H groups in total. The van der Waals surface area contributed by atoms with Gasteiger partial charge < -0.3 is 10.1 Å². The number of carbonyl (C=O) groups excluding carboxylic acids is 2. The van der Waals surface area contributed by atoms with Crippen molar-refractivity contribution in [3.63, 3.8) is 0 Å². The predicted molar refractivity (Wildman–Crippen MR) is 155 cm³/mol. The number of fused-ring (bicyclic) bond motifs is 1. The third-order valence-corrected chi connectivity index (χ3v) is 8.33. The number of Topliss-reactive ketones (excluding diaryl/α,β-unsaturated/α-hetero) is 1. The molecular formula is C34H36N2O3.